The van der Waals surface area contributed by atoms with E-state index < -0.39 is 0 Å². The third-order valence-corrected chi connectivity index (χ3v) is 2.08. The van der Waals surface area contributed by atoms with Gasteiger partial charge in [0.05, 0.1) is 19.4 Å². The fourth-order valence-corrected chi connectivity index (χ4v) is 1.27. The Morgan fingerprint density at radius 2 is 2.12 bits per heavy atom. The van der Waals surface area contributed by atoms with Gasteiger partial charge in [0.1, 0.15) is 11.5 Å². The number of nitrogens with one attached hydrogen (secondary N) is 1. The molecule has 0 bridgehead atoms. The van der Waals surface area contributed by atoms with E-state index in [9.17, 15) is 4.79 Å². The molecule has 1 rings (SSSR count). The average Bonchev–Trinajstić information content (AvgIpc) is 2.31. The van der Waals surface area contributed by atoms with Crippen LogP contribution in [-0.4, -0.2) is 19.6 Å². The first-order valence-electron chi connectivity index (χ1n) is 5.32. The summed E-state index contributed by atoms with van der Waals surface area (Å²) in [6.45, 7) is 4.32. The van der Waals surface area contributed by atoms with Crippen molar-refractivity contribution in [3.63, 3.8) is 0 Å². The second-order valence-corrected chi connectivity index (χ2v) is 3.20. The van der Waals surface area contributed by atoms with E-state index in [0.717, 1.165) is 5.75 Å². The summed E-state index contributed by atoms with van der Waals surface area (Å²) in [7, 11) is 1.56. The van der Waals surface area contributed by atoms with Gasteiger partial charge in [-0.25, -0.2) is 0 Å². The zero-order valence-corrected chi connectivity index (χ0v) is 9.87. The first kappa shape index (κ1) is 12.4. The summed E-state index contributed by atoms with van der Waals surface area (Å²) in [5, 5.41) is 2.76. The summed E-state index contributed by atoms with van der Waals surface area (Å²) < 4.78 is 10.5. The van der Waals surface area contributed by atoms with Gasteiger partial charge in [0, 0.05) is 12.5 Å². The minimum atomic E-state index is -0.0394. The zero-order chi connectivity index (χ0) is 12.0. The second kappa shape index (κ2) is 6.00. The van der Waals surface area contributed by atoms with Gasteiger partial charge in [-0.05, 0) is 19.1 Å². The number of ether oxygens (including phenoxy) is 2. The molecule has 0 aromatic heterocycles. The summed E-state index contributed by atoms with van der Waals surface area (Å²) in [5.41, 5.74) is 0.665. The zero-order valence-electron chi connectivity index (χ0n) is 9.87. The molecule has 0 aliphatic heterocycles. The third-order valence-electron chi connectivity index (χ3n) is 2.08. The molecule has 16 heavy (non-hydrogen) atoms. The molecule has 0 saturated heterocycles. The van der Waals surface area contributed by atoms with Crippen LogP contribution in [0.3, 0.4) is 0 Å². The van der Waals surface area contributed by atoms with Gasteiger partial charge in [0.2, 0.25) is 5.91 Å². The molecule has 0 aliphatic rings. The average molecular weight is 223 g/mol. The molecule has 4 heteroatoms. The summed E-state index contributed by atoms with van der Waals surface area (Å²) >= 11 is 0. The summed E-state index contributed by atoms with van der Waals surface area (Å²) in [6.07, 6.45) is 0.441. The minimum absolute atomic E-state index is 0.0394. The number of amides is 1. The van der Waals surface area contributed by atoms with Crippen LogP contribution in [0.15, 0.2) is 18.2 Å². The van der Waals surface area contributed by atoms with Crippen LogP contribution >= 0.6 is 0 Å². The third kappa shape index (κ3) is 3.15. The second-order valence-electron chi connectivity index (χ2n) is 3.20. The molecule has 0 spiro atoms. The van der Waals surface area contributed by atoms with Crippen molar-refractivity contribution in [3.05, 3.63) is 18.2 Å². The Bertz CT molecular complexity index is 363. The Balaban J connectivity index is 2.88. The molecule has 0 radical (unpaired) electrons. The molecule has 88 valence electrons. The van der Waals surface area contributed by atoms with Gasteiger partial charge >= 0.3 is 0 Å². The van der Waals surface area contributed by atoms with Crippen LogP contribution in [0.4, 0.5) is 5.69 Å². The van der Waals surface area contributed by atoms with Gasteiger partial charge in [-0.15, -0.1) is 0 Å². The summed E-state index contributed by atoms with van der Waals surface area (Å²) in [6, 6.07) is 5.34. The molecule has 0 unspecified atom stereocenters. The predicted octanol–water partition coefficient (Wildman–Crippen LogP) is 2.44. The Hall–Kier alpha value is -1.71. The molecule has 0 heterocycles. The minimum Gasteiger partial charge on any atom is -0.494 e. The Kier molecular flexibility index (Phi) is 4.64. The van der Waals surface area contributed by atoms with Crippen LogP contribution in [0.5, 0.6) is 11.5 Å². The first-order chi connectivity index (χ1) is 7.71. The predicted molar refractivity (Wildman–Crippen MR) is 63.1 cm³/mol. The molecule has 1 aromatic rings. The van der Waals surface area contributed by atoms with E-state index in [-0.39, 0.29) is 5.91 Å². The van der Waals surface area contributed by atoms with E-state index in [1.165, 1.54) is 0 Å². The van der Waals surface area contributed by atoms with Gasteiger partial charge in [0.15, 0.2) is 0 Å². The van der Waals surface area contributed by atoms with Gasteiger partial charge in [-0.3, -0.25) is 4.79 Å². The highest BCUT2D eigenvalue weighted by molar-refractivity contribution is 5.92. The number of carbonyl (C=O) groups is 1. The number of benzene rings is 1. The van der Waals surface area contributed by atoms with E-state index in [4.69, 9.17) is 9.47 Å². The molecule has 4 nitrogen and oxygen atoms in total. The lowest BCUT2D eigenvalue weighted by atomic mass is 10.2. The van der Waals surface area contributed by atoms with E-state index in [1.54, 1.807) is 32.2 Å². The molecule has 1 N–H and O–H groups in total. The van der Waals surface area contributed by atoms with Crippen LogP contribution in [0.2, 0.25) is 0 Å². The topological polar surface area (TPSA) is 47.6 Å². The highest BCUT2D eigenvalue weighted by Crippen LogP contribution is 2.29. The summed E-state index contributed by atoms with van der Waals surface area (Å²) in [4.78, 5) is 11.3. The Morgan fingerprint density at radius 1 is 1.38 bits per heavy atom. The van der Waals surface area contributed by atoms with Gasteiger partial charge in [-0.2, -0.15) is 0 Å². The smallest absolute Gasteiger partial charge is 0.224 e. The molecule has 0 saturated carbocycles. The van der Waals surface area contributed by atoms with Crippen molar-refractivity contribution in [2.45, 2.75) is 20.3 Å². The van der Waals surface area contributed by atoms with Crippen molar-refractivity contribution in [1.82, 2.24) is 0 Å². The molecule has 1 aromatic carbocycles. The van der Waals surface area contributed by atoms with Crippen molar-refractivity contribution < 1.29 is 14.3 Å². The molecule has 1 amide bonds. The summed E-state index contributed by atoms with van der Waals surface area (Å²) in [5.74, 6) is 1.30. The van der Waals surface area contributed by atoms with Crippen LogP contribution in [0.1, 0.15) is 20.3 Å². The standard InChI is InChI=1S/C12H17NO3/c1-4-12(14)13-10-7-6-9(16-5-2)8-11(10)15-3/h6-8H,4-5H2,1-3H3,(H,13,14). The lowest BCUT2D eigenvalue weighted by Crippen LogP contribution is -2.10. The fraction of sp³-hybridized carbons (Fsp3) is 0.417. The highest BCUT2D eigenvalue weighted by atomic mass is 16.5. The van der Waals surface area contributed by atoms with Gasteiger partial charge in [-0.1, -0.05) is 6.92 Å². The normalized spacial score (nSPS) is 9.69. The number of anilines is 1. The van der Waals surface area contributed by atoms with Crippen LogP contribution in [0.25, 0.3) is 0 Å². The number of hydrogen-bond donors (Lipinski definition) is 1. The van der Waals surface area contributed by atoms with Crippen LogP contribution in [-0.2, 0) is 4.79 Å². The lowest BCUT2D eigenvalue weighted by molar-refractivity contribution is -0.115. The molecular weight excluding hydrogens is 206 g/mol. The largest absolute Gasteiger partial charge is 0.494 e. The van der Waals surface area contributed by atoms with Crippen molar-refractivity contribution in [2.24, 2.45) is 0 Å². The lowest BCUT2D eigenvalue weighted by Gasteiger charge is -2.11. The first-order valence-corrected chi connectivity index (χ1v) is 5.32. The van der Waals surface area contributed by atoms with Crippen LogP contribution in [0, 0.1) is 0 Å². The number of methoxy groups -OCH3 is 1. The molecule has 0 aliphatic carbocycles. The Morgan fingerprint density at radius 3 is 2.69 bits per heavy atom. The SMILES string of the molecule is CCOc1ccc(NC(=O)CC)c(OC)c1. The van der Waals surface area contributed by atoms with E-state index in [0.29, 0.717) is 24.5 Å². The van der Waals surface area contributed by atoms with Crippen molar-refractivity contribution in [1.29, 1.82) is 0 Å². The van der Waals surface area contributed by atoms with Gasteiger partial charge < -0.3 is 14.8 Å². The number of hydrogen-bond acceptors (Lipinski definition) is 3. The maximum absolute atomic E-state index is 11.3. The maximum atomic E-state index is 11.3. The van der Waals surface area contributed by atoms with E-state index in [1.807, 2.05) is 6.92 Å². The highest BCUT2D eigenvalue weighted by Gasteiger charge is 2.07. The van der Waals surface area contributed by atoms with E-state index >= 15 is 0 Å². The molecule has 0 atom stereocenters. The monoisotopic (exact) mass is 223 g/mol. The maximum Gasteiger partial charge on any atom is 0.224 e. The molecule has 0 fully saturated rings. The van der Waals surface area contributed by atoms with Crippen molar-refractivity contribution >= 4 is 11.6 Å². The van der Waals surface area contributed by atoms with Crippen LogP contribution < -0.4 is 14.8 Å². The van der Waals surface area contributed by atoms with Crippen molar-refractivity contribution in [3.8, 4) is 11.5 Å². The van der Waals surface area contributed by atoms with E-state index in [2.05, 4.69) is 5.32 Å². The van der Waals surface area contributed by atoms with Gasteiger partial charge in [0.25, 0.3) is 0 Å². The molecular formula is C12H17NO3. The Labute approximate surface area is 95.6 Å². The fourth-order valence-electron chi connectivity index (χ4n) is 1.27. The van der Waals surface area contributed by atoms with Crippen molar-refractivity contribution in [2.75, 3.05) is 19.0 Å². The quantitative estimate of drug-likeness (QED) is 0.834. The number of carbonyl (C=O) groups excluding carboxylic acids is 1. The number of rotatable bonds is 5.